The zero-order valence-electron chi connectivity index (χ0n) is 8.45. The Hall–Kier alpha value is -1.86. The van der Waals surface area contributed by atoms with Crippen LogP contribution in [0.15, 0.2) is 35.0 Å². The summed E-state index contributed by atoms with van der Waals surface area (Å²) < 4.78 is 1.74. The van der Waals surface area contributed by atoms with E-state index in [9.17, 15) is 4.79 Å². The molecule has 0 aromatic carbocycles. The minimum atomic E-state index is -0.153. The molecule has 0 aliphatic carbocycles. The van der Waals surface area contributed by atoms with Gasteiger partial charge in [0, 0.05) is 0 Å². The molecular formula is C10H6N4OS2. The van der Waals surface area contributed by atoms with E-state index in [-0.39, 0.29) is 5.56 Å². The van der Waals surface area contributed by atoms with E-state index in [2.05, 4.69) is 15.0 Å². The summed E-state index contributed by atoms with van der Waals surface area (Å²) in [5, 5.41) is 2.47. The highest BCUT2D eigenvalue weighted by molar-refractivity contribution is 7.71. The normalized spacial score (nSPS) is 10.8. The van der Waals surface area contributed by atoms with Crippen LogP contribution in [0, 0.1) is 4.77 Å². The van der Waals surface area contributed by atoms with Crippen molar-refractivity contribution in [1.82, 2.24) is 19.5 Å². The Morgan fingerprint density at radius 3 is 2.88 bits per heavy atom. The van der Waals surface area contributed by atoms with Gasteiger partial charge in [-0.05, 0) is 23.7 Å². The number of H-pyrrole nitrogens is 1. The van der Waals surface area contributed by atoms with E-state index in [4.69, 9.17) is 12.2 Å². The lowest BCUT2D eigenvalue weighted by molar-refractivity contribution is 0.920. The molecule has 0 amide bonds. The Bertz CT molecular complexity index is 787. The van der Waals surface area contributed by atoms with Crippen molar-refractivity contribution in [1.29, 1.82) is 0 Å². The van der Waals surface area contributed by atoms with E-state index in [0.29, 0.717) is 15.8 Å². The smallest absolute Gasteiger partial charge is 0.267 e. The first-order valence-corrected chi connectivity index (χ1v) is 6.04. The Morgan fingerprint density at radius 2 is 2.12 bits per heavy atom. The highest BCUT2D eigenvalue weighted by atomic mass is 32.1. The molecule has 0 unspecified atom stereocenters. The van der Waals surface area contributed by atoms with Gasteiger partial charge in [-0.1, -0.05) is 0 Å². The molecule has 7 heteroatoms. The number of nitrogens with zero attached hydrogens (tertiary/aromatic N) is 3. The number of hydrogen-bond donors (Lipinski definition) is 1. The van der Waals surface area contributed by atoms with Crippen LogP contribution in [0.4, 0.5) is 0 Å². The average Bonchev–Trinajstić information content (AvgIpc) is 2.78. The summed E-state index contributed by atoms with van der Waals surface area (Å²) in [6, 6.07) is 1.77. The zero-order valence-corrected chi connectivity index (χ0v) is 10.1. The molecule has 0 spiro atoms. The summed E-state index contributed by atoms with van der Waals surface area (Å²) >= 11 is 6.63. The first kappa shape index (κ1) is 10.3. The Balaban J connectivity index is 2.45. The second-order valence-corrected chi connectivity index (χ2v) is 4.63. The van der Waals surface area contributed by atoms with Gasteiger partial charge in [0.15, 0.2) is 4.77 Å². The number of hydrogen-bond acceptors (Lipinski definition) is 5. The van der Waals surface area contributed by atoms with Crippen LogP contribution in [0.3, 0.4) is 0 Å². The monoisotopic (exact) mass is 262 g/mol. The lowest BCUT2D eigenvalue weighted by atomic mass is 10.4. The van der Waals surface area contributed by atoms with Gasteiger partial charge < -0.3 is 4.98 Å². The van der Waals surface area contributed by atoms with Gasteiger partial charge in [-0.2, -0.15) is 0 Å². The van der Waals surface area contributed by atoms with Crippen molar-refractivity contribution in [3.05, 3.63) is 45.3 Å². The standard InChI is InChI=1S/C10H6N4OS2/c15-9-7-1-2-17-8(7)13-10(16)14(9)6-3-11-5-12-4-6/h1-5H,(H,13,16). The minimum Gasteiger partial charge on any atom is -0.323 e. The average molecular weight is 262 g/mol. The molecule has 84 valence electrons. The maximum absolute atomic E-state index is 12.2. The van der Waals surface area contributed by atoms with Crippen molar-refractivity contribution in [2.24, 2.45) is 0 Å². The summed E-state index contributed by atoms with van der Waals surface area (Å²) in [7, 11) is 0. The fraction of sp³-hybridized carbons (Fsp3) is 0. The number of rotatable bonds is 1. The van der Waals surface area contributed by atoms with Crippen molar-refractivity contribution in [3.8, 4) is 5.69 Å². The van der Waals surface area contributed by atoms with Crippen LogP contribution in [0.5, 0.6) is 0 Å². The molecule has 0 aliphatic rings. The third-order valence-corrected chi connectivity index (χ3v) is 3.44. The number of aromatic amines is 1. The predicted molar refractivity (Wildman–Crippen MR) is 68.2 cm³/mol. The summed E-state index contributed by atoms with van der Waals surface area (Å²) in [5.41, 5.74) is 0.409. The first-order chi connectivity index (χ1) is 8.27. The van der Waals surface area contributed by atoms with Crippen molar-refractivity contribution in [2.75, 3.05) is 0 Å². The highest BCUT2D eigenvalue weighted by Crippen LogP contribution is 2.15. The summed E-state index contributed by atoms with van der Waals surface area (Å²) in [4.78, 5) is 23.8. The van der Waals surface area contributed by atoms with Crippen LogP contribution < -0.4 is 5.56 Å². The van der Waals surface area contributed by atoms with Gasteiger partial charge in [-0.15, -0.1) is 11.3 Å². The topological polar surface area (TPSA) is 63.6 Å². The molecule has 0 aliphatic heterocycles. The number of thiophene rings is 1. The van der Waals surface area contributed by atoms with Gasteiger partial charge in [0.1, 0.15) is 11.2 Å². The van der Waals surface area contributed by atoms with E-state index in [1.807, 2.05) is 5.38 Å². The van der Waals surface area contributed by atoms with Gasteiger partial charge in [0.25, 0.3) is 5.56 Å². The maximum Gasteiger partial charge on any atom is 0.267 e. The van der Waals surface area contributed by atoms with Crippen LogP contribution in [-0.2, 0) is 0 Å². The van der Waals surface area contributed by atoms with Gasteiger partial charge in [0.05, 0.1) is 23.5 Å². The number of nitrogens with one attached hydrogen (secondary N) is 1. The van der Waals surface area contributed by atoms with E-state index in [0.717, 1.165) is 4.83 Å². The highest BCUT2D eigenvalue weighted by Gasteiger charge is 2.08. The van der Waals surface area contributed by atoms with E-state index in [1.54, 1.807) is 18.5 Å². The van der Waals surface area contributed by atoms with E-state index >= 15 is 0 Å². The fourth-order valence-electron chi connectivity index (χ4n) is 1.58. The van der Waals surface area contributed by atoms with E-state index in [1.165, 1.54) is 22.2 Å². The van der Waals surface area contributed by atoms with Crippen molar-refractivity contribution >= 4 is 33.8 Å². The Morgan fingerprint density at radius 1 is 1.35 bits per heavy atom. The molecule has 5 nitrogen and oxygen atoms in total. The van der Waals surface area contributed by atoms with Gasteiger partial charge in [0.2, 0.25) is 0 Å². The molecule has 3 aromatic heterocycles. The largest absolute Gasteiger partial charge is 0.323 e. The third kappa shape index (κ3) is 1.60. The maximum atomic E-state index is 12.2. The third-order valence-electron chi connectivity index (χ3n) is 2.33. The van der Waals surface area contributed by atoms with Crippen LogP contribution >= 0.6 is 23.6 Å². The predicted octanol–water partition coefficient (Wildman–Crippen LogP) is 1.90. The van der Waals surface area contributed by atoms with Crippen LogP contribution in [0.2, 0.25) is 0 Å². The molecule has 1 N–H and O–H groups in total. The SMILES string of the molecule is O=c1c2ccsc2[nH]c(=S)n1-c1cncnc1. The van der Waals surface area contributed by atoms with Crippen LogP contribution in [0.1, 0.15) is 0 Å². The van der Waals surface area contributed by atoms with E-state index < -0.39 is 0 Å². The van der Waals surface area contributed by atoms with Crippen molar-refractivity contribution in [2.45, 2.75) is 0 Å². The first-order valence-electron chi connectivity index (χ1n) is 4.75. The Kier molecular flexibility index (Phi) is 2.34. The van der Waals surface area contributed by atoms with Crippen molar-refractivity contribution in [3.63, 3.8) is 0 Å². The zero-order chi connectivity index (χ0) is 11.8. The molecule has 0 radical (unpaired) electrons. The quantitative estimate of drug-likeness (QED) is 0.680. The molecule has 0 atom stereocenters. The molecule has 3 aromatic rings. The van der Waals surface area contributed by atoms with Crippen LogP contribution in [0.25, 0.3) is 15.9 Å². The molecule has 0 saturated carbocycles. The fourth-order valence-corrected chi connectivity index (χ4v) is 2.71. The second-order valence-electron chi connectivity index (χ2n) is 3.33. The molecule has 3 heterocycles. The lowest BCUT2D eigenvalue weighted by Gasteiger charge is -2.04. The molecule has 3 rings (SSSR count). The number of aromatic nitrogens is 4. The molecule has 0 fully saturated rings. The summed E-state index contributed by atoms with van der Waals surface area (Å²) in [5.74, 6) is 0. The lowest BCUT2D eigenvalue weighted by Crippen LogP contribution is -2.19. The molecular weight excluding hydrogens is 256 g/mol. The number of fused-ring (bicyclic) bond motifs is 1. The molecule has 0 bridgehead atoms. The second kappa shape index (κ2) is 3.86. The van der Waals surface area contributed by atoms with Gasteiger partial charge in [-0.3, -0.25) is 4.79 Å². The Labute approximate surface area is 104 Å². The summed E-state index contributed by atoms with van der Waals surface area (Å²) in [6.45, 7) is 0. The van der Waals surface area contributed by atoms with Crippen LogP contribution in [-0.4, -0.2) is 19.5 Å². The van der Waals surface area contributed by atoms with Gasteiger partial charge >= 0.3 is 0 Å². The molecule has 17 heavy (non-hydrogen) atoms. The minimum absolute atomic E-state index is 0.153. The molecule has 0 saturated heterocycles. The summed E-state index contributed by atoms with van der Waals surface area (Å²) in [6.07, 6.45) is 4.51. The van der Waals surface area contributed by atoms with Gasteiger partial charge in [-0.25, -0.2) is 14.5 Å². The van der Waals surface area contributed by atoms with Crippen molar-refractivity contribution < 1.29 is 0 Å².